The fourth-order valence-electron chi connectivity index (χ4n) is 1.36. The van der Waals surface area contributed by atoms with Crippen LogP contribution in [-0.2, 0) is 4.79 Å². The smallest absolute Gasteiger partial charge is 0.323 e. The molecule has 0 amide bonds. The van der Waals surface area contributed by atoms with Crippen LogP contribution in [0.5, 0.6) is 0 Å². The van der Waals surface area contributed by atoms with Crippen molar-refractivity contribution in [2.75, 3.05) is 18.0 Å². The Hall–Kier alpha value is -1.72. The first-order valence-electron chi connectivity index (χ1n) is 5.00. The Morgan fingerprint density at radius 2 is 2.25 bits per heavy atom. The molecule has 0 saturated heterocycles. The molecule has 6 heteroatoms. The largest absolute Gasteiger partial charge is 0.480 e. The van der Waals surface area contributed by atoms with Gasteiger partial charge >= 0.3 is 5.97 Å². The fraction of sp³-hybridized carbons (Fsp3) is 0.500. The predicted octanol–water partition coefficient (Wildman–Crippen LogP) is 1.23. The lowest BCUT2D eigenvalue weighted by atomic mass is 10.3. The van der Waals surface area contributed by atoms with Crippen molar-refractivity contribution < 1.29 is 14.3 Å². The molecule has 0 aromatic carbocycles. The number of hydrogen-bond donors (Lipinski definition) is 1. The van der Waals surface area contributed by atoms with Crippen LogP contribution in [0.3, 0.4) is 0 Å². The van der Waals surface area contributed by atoms with Gasteiger partial charge in [-0.3, -0.25) is 4.79 Å². The van der Waals surface area contributed by atoms with Crippen molar-refractivity contribution in [3.63, 3.8) is 0 Å². The number of hydrogen-bond acceptors (Lipinski definition) is 4. The summed E-state index contributed by atoms with van der Waals surface area (Å²) < 4.78 is 13.7. The molecule has 1 aromatic rings. The molecule has 0 aliphatic heterocycles. The number of nitrogens with zero attached hydrogens (tertiary/aromatic N) is 3. The number of rotatable bonds is 5. The maximum atomic E-state index is 13.7. The highest BCUT2D eigenvalue weighted by Gasteiger charge is 2.17. The maximum absolute atomic E-state index is 13.7. The maximum Gasteiger partial charge on any atom is 0.323 e. The SMILES string of the molecule is CCCN(CC(=O)O)c1ncnc(C)c1F. The van der Waals surface area contributed by atoms with Gasteiger partial charge in [-0.2, -0.15) is 0 Å². The van der Waals surface area contributed by atoms with Gasteiger partial charge in [0.25, 0.3) is 0 Å². The summed E-state index contributed by atoms with van der Waals surface area (Å²) in [4.78, 5) is 19.5. The van der Waals surface area contributed by atoms with E-state index >= 15 is 0 Å². The highest BCUT2D eigenvalue weighted by atomic mass is 19.1. The highest BCUT2D eigenvalue weighted by Crippen LogP contribution is 2.17. The van der Waals surface area contributed by atoms with Crippen LogP contribution in [0.4, 0.5) is 10.2 Å². The topological polar surface area (TPSA) is 66.3 Å². The van der Waals surface area contributed by atoms with Crippen molar-refractivity contribution in [1.82, 2.24) is 9.97 Å². The Morgan fingerprint density at radius 1 is 1.56 bits per heavy atom. The van der Waals surface area contributed by atoms with E-state index in [9.17, 15) is 9.18 Å². The molecule has 0 unspecified atom stereocenters. The van der Waals surface area contributed by atoms with Crippen molar-refractivity contribution in [3.05, 3.63) is 17.8 Å². The lowest BCUT2D eigenvalue weighted by Crippen LogP contribution is -2.32. The predicted molar refractivity (Wildman–Crippen MR) is 56.9 cm³/mol. The van der Waals surface area contributed by atoms with E-state index in [-0.39, 0.29) is 18.1 Å². The van der Waals surface area contributed by atoms with Gasteiger partial charge in [-0.25, -0.2) is 14.4 Å². The molecule has 16 heavy (non-hydrogen) atoms. The van der Waals surface area contributed by atoms with Crippen LogP contribution in [0, 0.1) is 12.7 Å². The minimum atomic E-state index is -1.01. The Bertz CT molecular complexity index is 384. The lowest BCUT2D eigenvalue weighted by molar-refractivity contribution is -0.135. The number of anilines is 1. The summed E-state index contributed by atoms with van der Waals surface area (Å²) in [6, 6.07) is 0. The van der Waals surface area contributed by atoms with E-state index in [1.807, 2.05) is 6.92 Å². The second-order valence-electron chi connectivity index (χ2n) is 3.41. The molecule has 0 aliphatic carbocycles. The number of aryl methyl sites for hydroxylation is 1. The van der Waals surface area contributed by atoms with E-state index in [2.05, 4.69) is 9.97 Å². The third-order valence-electron chi connectivity index (χ3n) is 2.06. The first-order chi connectivity index (χ1) is 7.56. The van der Waals surface area contributed by atoms with Gasteiger partial charge in [-0.1, -0.05) is 6.92 Å². The van der Waals surface area contributed by atoms with Gasteiger partial charge in [-0.15, -0.1) is 0 Å². The second-order valence-corrected chi connectivity index (χ2v) is 3.41. The average molecular weight is 227 g/mol. The number of carboxylic acids is 1. The fourth-order valence-corrected chi connectivity index (χ4v) is 1.36. The van der Waals surface area contributed by atoms with E-state index in [1.165, 1.54) is 18.2 Å². The average Bonchev–Trinajstić information content (AvgIpc) is 2.21. The van der Waals surface area contributed by atoms with Gasteiger partial charge in [-0.05, 0) is 13.3 Å². The molecule has 0 radical (unpaired) electrons. The van der Waals surface area contributed by atoms with E-state index in [4.69, 9.17) is 5.11 Å². The van der Waals surface area contributed by atoms with Gasteiger partial charge in [0.2, 0.25) is 0 Å². The summed E-state index contributed by atoms with van der Waals surface area (Å²) in [5.74, 6) is -1.52. The van der Waals surface area contributed by atoms with Gasteiger partial charge in [0.1, 0.15) is 12.9 Å². The first-order valence-corrected chi connectivity index (χ1v) is 5.00. The molecule has 1 rings (SSSR count). The molecular formula is C10H14FN3O2. The Morgan fingerprint density at radius 3 is 2.81 bits per heavy atom. The van der Waals surface area contributed by atoms with Crippen LogP contribution in [0.1, 0.15) is 19.0 Å². The number of carbonyl (C=O) groups is 1. The summed E-state index contributed by atoms with van der Waals surface area (Å²) >= 11 is 0. The summed E-state index contributed by atoms with van der Waals surface area (Å²) in [7, 11) is 0. The summed E-state index contributed by atoms with van der Waals surface area (Å²) in [6.07, 6.45) is 1.95. The summed E-state index contributed by atoms with van der Waals surface area (Å²) in [6.45, 7) is 3.59. The lowest BCUT2D eigenvalue weighted by Gasteiger charge is -2.21. The van der Waals surface area contributed by atoms with Gasteiger partial charge < -0.3 is 10.0 Å². The van der Waals surface area contributed by atoms with Gasteiger partial charge in [0.15, 0.2) is 11.6 Å². The molecule has 1 heterocycles. The Kier molecular flexibility index (Phi) is 4.16. The van der Waals surface area contributed by atoms with Crippen molar-refractivity contribution in [1.29, 1.82) is 0 Å². The molecule has 88 valence electrons. The van der Waals surface area contributed by atoms with Crippen molar-refractivity contribution in [2.24, 2.45) is 0 Å². The standard InChI is InChI=1S/C10H14FN3O2/c1-3-4-14(5-8(15)16)10-9(11)7(2)12-6-13-10/h6H,3-5H2,1-2H3,(H,15,16). The summed E-state index contributed by atoms with van der Waals surface area (Å²) in [5.41, 5.74) is 0.219. The van der Waals surface area contributed by atoms with Crippen LogP contribution in [0.15, 0.2) is 6.33 Å². The zero-order chi connectivity index (χ0) is 12.1. The minimum Gasteiger partial charge on any atom is -0.480 e. The molecule has 0 fully saturated rings. The molecule has 0 spiro atoms. The van der Waals surface area contributed by atoms with Crippen LogP contribution in [0.2, 0.25) is 0 Å². The minimum absolute atomic E-state index is 0.0525. The highest BCUT2D eigenvalue weighted by molar-refractivity contribution is 5.73. The number of aromatic nitrogens is 2. The molecule has 1 N–H and O–H groups in total. The zero-order valence-corrected chi connectivity index (χ0v) is 9.27. The van der Waals surface area contributed by atoms with Gasteiger partial charge in [0.05, 0.1) is 5.69 Å². The van der Waals surface area contributed by atoms with Gasteiger partial charge in [0, 0.05) is 6.54 Å². The van der Waals surface area contributed by atoms with Crippen LogP contribution in [-0.4, -0.2) is 34.1 Å². The Balaban J connectivity index is 3.00. The molecule has 5 nitrogen and oxygen atoms in total. The zero-order valence-electron chi connectivity index (χ0n) is 9.27. The monoisotopic (exact) mass is 227 g/mol. The van der Waals surface area contributed by atoms with E-state index in [0.29, 0.717) is 6.54 Å². The van der Waals surface area contributed by atoms with Crippen LogP contribution < -0.4 is 4.90 Å². The van der Waals surface area contributed by atoms with Crippen LogP contribution in [0.25, 0.3) is 0 Å². The van der Waals surface area contributed by atoms with Crippen molar-refractivity contribution >= 4 is 11.8 Å². The first kappa shape index (κ1) is 12.4. The normalized spacial score (nSPS) is 10.2. The van der Waals surface area contributed by atoms with Crippen molar-refractivity contribution in [3.8, 4) is 0 Å². The Labute approximate surface area is 92.9 Å². The molecule has 0 saturated carbocycles. The molecule has 0 bridgehead atoms. The number of carboxylic acid groups (broad SMARTS) is 1. The third-order valence-corrected chi connectivity index (χ3v) is 2.06. The molecule has 0 atom stereocenters. The van der Waals surface area contributed by atoms with Crippen LogP contribution >= 0.6 is 0 Å². The third kappa shape index (κ3) is 2.88. The van der Waals surface area contributed by atoms with Crippen molar-refractivity contribution in [2.45, 2.75) is 20.3 Å². The number of halogens is 1. The quantitative estimate of drug-likeness (QED) is 0.819. The van der Waals surface area contributed by atoms with E-state index < -0.39 is 11.8 Å². The van der Waals surface area contributed by atoms with E-state index in [1.54, 1.807) is 0 Å². The molecule has 0 aliphatic rings. The molecular weight excluding hydrogens is 213 g/mol. The summed E-state index contributed by atoms with van der Waals surface area (Å²) in [5, 5.41) is 8.72. The van der Waals surface area contributed by atoms with E-state index in [0.717, 1.165) is 6.42 Å². The number of aliphatic carboxylic acids is 1. The molecule has 1 aromatic heterocycles. The second kappa shape index (κ2) is 5.39.